The highest BCUT2D eigenvalue weighted by molar-refractivity contribution is 5.79. The largest absolute Gasteiger partial charge is 0.394 e. The molecule has 20 heterocycles. The quantitative estimate of drug-likeness (QED) is 0.183. The molecule has 10 unspecified atom stereocenters. The fourth-order valence-corrected chi connectivity index (χ4v) is 22.5. The van der Waals surface area contributed by atoms with Crippen LogP contribution in [0.5, 0.6) is 0 Å². The van der Waals surface area contributed by atoms with Crippen molar-refractivity contribution in [2.45, 2.75) is 389 Å². The Balaban J connectivity index is 0.000000152. The fourth-order valence-electron chi connectivity index (χ4n) is 22.5. The maximum absolute atomic E-state index is 14.0. The lowest BCUT2D eigenvalue weighted by Crippen LogP contribution is -2.61. The van der Waals surface area contributed by atoms with Gasteiger partial charge in [0.15, 0.2) is 11.6 Å². The maximum atomic E-state index is 14.0. The van der Waals surface area contributed by atoms with Crippen molar-refractivity contribution in [2.24, 2.45) is 41.2 Å². The average molecular weight is 1430 g/mol. The van der Waals surface area contributed by atoms with Gasteiger partial charge in [0.25, 0.3) is 0 Å². The second-order valence-electron chi connectivity index (χ2n) is 35.1. The molecule has 0 radical (unpaired) electrons. The number of fused-ring (bicyclic) bond motifs is 12. The average Bonchev–Trinajstić information content (AvgIpc) is 1.54. The number of carbonyl (C=O) groups is 2. The zero-order valence-electron chi connectivity index (χ0n) is 60.7. The lowest BCUT2D eigenvalue weighted by atomic mass is 9.78. The summed E-state index contributed by atoms with van der Waals surface area (Å²) in [5, 5.41) is 30.5. The standard InChI is InChI=1S/C40H59NO10.C40H58O11/c2*1-19-11-25-5-7-29-20(2)12-27(44-29)9-10-40-17-34-36(50-40)37-38(49-34)39(51-40)35-30(48-37)8-6-26(46-35)13-23(42)14-28-22(4)31(15-24(43)18-41)47-33(28)16-32(45-25)21(19)3/h19,22,24-39,43H,2-3,5-18,41H2,1,4H3;19,22,24-39,41,43H,2-3,5-18H2,1,4H3/t2*19-,22-,24+,25?,26?,27+,28-,29+,30?,31-,32-,33+,34+,35?,36?,37+,38-,39+,40+/m11/s1. The van der Waals surface area contributed by atoms with Crippen molar-refractivity contribution in [1.82, 2.24) is 0 Å². The number of ether oxygens (including phenoxy) is 16. The Hall–Kier alpha value is -2.50. The topological polar surface area (TPSA) is 269 Å². The first-order valence-corrected chi connectivity index (χ1v) is 40.1. The molecule has 20 aliphatic rings. The summed E-state index contributed by atoms with van der Waals surface area (Å²) in [6.45, 7) is 26.4. The van der Waals surface area contributed by atoms with Crippen LogP contribution < -0.4 is 5.73 Å². The van der Waals surface area contributed by atoms with E-state index in [0.717, 1.165) is 112 Å². The summed E-state index contributed by atoms with van der Waals surface area (Å²) >= 11 is 0. The predicted molar refractivity (Wildman–Crippen MR) is 367 cm³/mol. The van der Waals surface area contributed by atoms with E-state index in [1.165, 1.54) is 0 Å². The first-order chi connectivity index (χ1) is 49.1. The molecule has 22 nitrogen and oxygen atoms in total. The first kappa shape index (κ1) is 72.4. The van der Waals surface area contributed by atoms with E-state index in [2.05, 4.69) is 54.0 Å². The number of Topliss-reactive ketones (excluding diaryl/α,β-unsaturated/α-hetero) is 2. The molecule has 5 N–H and O–H groups in total. The number of rotatable bonds is 6. The summed E-state index contributed by atoms with van der Waals surface area (Å²) in [7, 11) is 0. The van der Waals surface area contributed by atoms with Gasteiger partial charge in [-0.3, -0.25) is 9.59 Å². The van der Waals surface area contributed by atoms with Crippen molar-refractivity contribution in [3.8, 4) is 0 Å². The van der Waals surface area contributed by atoms with Gasteiger partial charge in [-0.05, 0) is 148 Å². The van der Waals surface area contributed by atoms with E-state index in [4.69, 9.17) is 81.5 Å². The van der Waals surface area contributed by atoms with Gasteiger partial charge in [-0.1, -0.05) is 54.0 Å². The summed E-state index contributed by atoms with van der Waals surface area (Å²) in [4.78, 5) is 28.0. The Morgan fingerprint density at radius 2 is 0.794 bits per heavy atom. The van der Waals surface area contributed by atoms with Gasteiger partial charge in [0.1, 0.15) is 72.6 Å². The first-order valence-electron chi connectivity index (χ1n) is 40.1. The van der Waals surface area contributed by atoms with E-state index in [1.54, 1.807) is 0 Å². The van der Waals surface area contributed by atoms with E-state index >= 15 is 0 Å². The van der Waals surface area contributed by atoms with Crippen LogP contribution in [0.25, 0.3) is 0 Å². The summed E-state index contributed by atoms with van der Waals surface area (Å²) < 4.78 is 108. The molecule has 20 aliphatic heterocycles. The fraction of sp³-hybridized carbons (Fsp3) is 0.875. The van der Waals surface area contributed by atoms with Crippen molar-refractivity contribution in [3.05, 3.63) is 48.6 Å². The van der Waals surface area contributed by atoms with Crippen LogP contribution in [0, 0.1) is 35.5 Å². The summed E-state index contributed by atoms with van der Waals surface area (Å²) in [5.41, 5.74) is 10.3. The molecule has 568 valence electrons. The molecule has 0 aliphatic carbocycles. The van der Waals surface area contributed by atoms with Crippen molar-refractivity contribution in [1.29, 1.82) is 0 Å². The van der Waals surface area contributed by atoms with Gasteiger partial charge in [-0.15, -0.1) is 0 Å². The molecule has 38 atom stereocenters. The van der Waals surface area contributed by atoms with Crippen molar-refractivity contribution < 1.29 is 101 Å². The normalized spacial score (nSPS) is 53.2. The van der Waals surface area contributed by atoms with Gasteiger partial charge in [-0.2, -0.15) is 0 Å². The van der Waals surface area contributed by atoms with Crippen molar-refractivity contribution in [2.75, 3.05) is 13.2 Å². The molecule has 20 rings (SSSR count). The van der Waals surface area contributed by atoms with Crippen LogP contribution in [0.3, 0.4) is 0 Å². The number of nitrogens with two attached hydrogens (primary N) is 1. The number of aliphatic hydroxyl groups is 3. The molecule has 22 heteroatoms. The minimum Gasteiger partial charge on any atom is -0.394 e. The van der Waals surface area contributed by atoms with E-state index < -0.39 is 23.8 Å². The minimum absolute atomic E-state index is 0.00127. The number of ketones is 2. The summed E-state index contributed by atoms with van der Waals surface area (Å²) in [6, 6.07) is 0. The third-order valence-electron chi connectivity index (χ3n) is 28.3. The van der Waals surface area contributed by atoms with Crippen LogP contribution >= 0.6 is 0 Å². The Morgan fingerprint density at radius 3 is 1.24 bits per heavy atom. The zero-order chi connectivity index (χ0) is 70.4. The molecule has 0 saturated carbocycles. The van der Waals surface area contributed by atoms with Crippen molar-refractivity contribution in [3.63, 3.8) is 0 Å². The molecule has 0 aromatic carbocycles. The molecule has 0 aromatic heterocycles. The molecule has 0 aromatic rings. The Morgan fingerprint density at radius 1 is 0.402 bits per heavy atom. The second kappa shape index (κ2) is 29.1. The van der Waals surface area contributed by atoms with Gasteiger partial charge in [-0.25, -0.2) is 0 Å². The molecule has 20 fully saturated rings. The predicted octanol–water partition coefficient (Wildman–Crippen LogP) is 8.15. The van der Waals surface area contributed by atoms with Crippen LogP contribution in [0.15, 0.2) is 48.6 Å². The Labute approximate surface area is 602 Å². The van der Waals surface area contributed by atoms with Gasteiger partial charge in [0, 0.05) is 83.6 Å². The molecule has 20 saturated heterocycles. The number of hydrogen-bond acceptors (Lipinski definition) is 22. The highest BCUT2D eigenvalue weighted by Crippen LogP contribution is 2.57. The van der Waals surface area contributed by atoms with Crippen LogP contribution in [0.1, 0.15) is 195 Å². The Kier molecular flexibility index (Phi) is 20.6. The van der Waals surface area contributed by atoms with E-state index in [-0.39, 0.29) is 219 Å². The zero-order valence-corrected chi connectivity index (χ0v) is 60.7. The third kappa shape index (κ3) is 13.9. The highest BCUT2D eigenvalue weighted by atomic mass is 16.8. The molecule has 24 bridgehead atoms. The smallest absolute Gasteiger partial charge is 0.172 e. The monoisotopic (exact) mass is 1430 g/mol. The van der Waals surface area contributed by atoms with Gasteiger partial charge in [0.05, 0.1) is 129 Å². The van der Waals surface area contributed by atoms with Gasteiger partial charge >= 0.3 is 0 Å². The van der Waals surface area contributed by atoms with Crippen LogP contribution in [-0.4, -0.2) is 235 Å². The lowest BCUT2D eigenvalue weighted by molar-refractivity contribution is -0.292. The van der Waals surface area contributed by atoms with E-state index in [1.807, 2.05) is 0 Å². The molecule has 102 heavy (non-hydrogen) atoms. The maximum Gasteiger partial charge on any atom is 0.172 e. The lowest BCUT2D eigenvalue weighted by Gasteiger charge is -2.47. The van der Waals surface area contributed by atoms with E-state index in [9.17, 15) is 24.9 Å². The van der Waals surface area contributed by atoms with Gasteiger partial charge < -0.3 is 96.8 Å². The Bertz CT molecular complexity index is 2920. The molecular formula is C80H117NO21. The van der Waals surface area contributed by atoms with Crippen molar-refractivity contribution >= 4 is 11.6 Å². The number of hydrogen-bond donors (Lipinski definition) is 4. The second-order valence-corrected chi connectivity index (χ2v) is 35.1. The minimum atomic E-state index is -0.872. The molecule has 0 amide bonds. The summed E-state index contributed by atoms with van der Waals surface area (Å²) in [5.74, 6) is -0.589. The van der Waals surface area contributed by atoms with Crippen LogP contribution in [0.2, 0.25) is 0 Å². The van der Waals surface area contributed by atoms with Gasteiger partial charge in [0.2, 0.25) is 0 Å². The van der Waals surface area contributed by atoms with Crippen LogP contribution in [0.4, 0.5) is 0 Å². The summed E-state index contributed by atoms with van der Waals surface area (Å²) in [6.07, 6.45) is 12.1. The molecule has 2 spiro atoms. The number of aliphatic hydroxyl groups excluding tert-OH is 3. The number of carbonyl (C=O) groups excluding carboxylic acids is 2. The highest BCUT2D eigenvalue weighted by Gasteiger charge is 2.71. The van der Waals surface area contributed by atoms with E-state index in [0.29, 0.717) is 88.9 Å². The van der Waals surface area contributed by atoms with Crippen LogP contribution in [-0.2, 0) is 85.4 Å². The third-order valence-corrected chi connectivity index (χ3v) is 28.3. The molecular weight excluding hydrogens is 1310 g/mol. The SMILES string of the molecule is C=C1C[C@@H]2CC[C@@]34C[C@@H]5O[C@H]6[C@@H](O3)C3OC(CCC3O[C@H]6C5O4)CC(=O)C[C@@H]3[C@@H](C)[C@@H](C[C@H](O)CN)O[C@H]3C[C@H]3OC(CC[C@@H]1O2)C[C@@H](C)C3=C.C=C1C[C@@H]2CC[C@@]34C[C@@H]5O[C@H]6[C@@H](O3)C3OC(CCC3O[C@H]6C5O4)CC(=O)C[C@@H]3[C@@H](C)[C@@H](C[C@H](O)CO)O[C@H]3C[C@H]3OC(CC[C@@H]1O2)C[C@@H](C)C3=C.